The fourth-order valence-corrected chi connectivity index (χ4v) is 3.84. The van der Waals surface area contributed by atoms with E-state index in [4.69, 9.17) is 14.5 Å². The fraction of sp³-hybridized carbons (Fsp3) is 0.346. The zero-order valence-corrected chi connectivity index (χ0v) is 20.1. The molecule has 4 rings (SSSR count). The summed E-state index contributed by atoms with van der Waals surface area (Å²) in [5.41, 5.74) is 3.48. The first-order valence-corrected chi connectivity index (χ1v) is 11.5. The zero-order valence-electron chi connectivity index (χ0n) is 20.1. The third-order valence-electron chi connectivity index (χ3n) is 5.77. The van der Waals surface area contributed by atoms with E-state index < -0.39 is 0 Å². The molecule has 2 atom stereocenters. The minimum Gasteiger partial charge on any atom is -0.492 e. The minimum atomic E-state index is -0.0986. The van der Waals surface area contributed by atoms with E-state index in [1.165, 1.54) is 0 Å². The molecule has 8 heteroatoms. The Morgan fingerprint density at radius 1 is 1.29 bits per heavy atom. The Morgan fingerprint density at radius 3 is 2.91 bits per heavy atom. The van der Waals surface area contributed by atoms with Gasteiger partial charge >= 0.3 is 0 Å². The molecule has 8 nitrogen and oxygen atoms in total. The number of hydrogen-bond acceptors (Lipinski definition) is 8. The third kappa shape index (κ3) is 4.90. The van der Waals surface area contributed by atoms with E-state index in [0.29, 0.717) is 36.2 Å². The van der Waals surface area contributed by atoms with Crippen molar-refractivity contribution < 1.29 is 9.47 Å². The number of nitrogens with one attached hydrogen (secondary N) is 1. The van der Waals surface area contributed by atoms with E-state index >= 15 is 0 Å². The molecule has 0 fully saturated rings. The number of ether oxygens (including phenoxy) is 2. The van der Waals surface area contributed by atoms with Crippen LogP contribution < -0.4 is 14.8 Å². The van der Waals surface area contributed by atoms with Gasteiger partial charge in [-0.15, -0.1) is 6.58 Å². The highest BCUT2D eigenvalue weighted by atomic mass is 16.5. The molecule has 0 saturated heterocycles. The number of allylic oxidation sites excluding steroid dienone is 1. The van der Waals surface area contributed by atoms with E-state index in [0.717, 1.165) is 34.6 Å². The predicted octanol–water partition coefficient (Wildman–Crippen LogP) is 5.03. The van der Waals surface area contributed by atoms with Gasteiger partial charge in [-0.05, 0) is 19.4 Å². The van der Waals surface area contributed by atoms with Crippen molar-refractivity contribution in [3.8, 4) is 22.9 Å². The average molecular weight is 459 g/mol. The first kappa shape index (κ1) is 23.4. The number of hydrogen-bond donors (Lipinski definition) is 1. The van der Waals surface area contributed by atoms with Crippen molar-refractivity contribution >= 4 is 17.3 Å². The molecule has 0 aromatic carbocycles. The highest BCUT2D eigenvalue weighted by Gasteiger charge is 2.20. The van der Waals surface area contributed by atoms with Crippen molar-refractivity contribution in [3.05, 3.63) is 60.7 Å². The lowest BCUT2D eigenvalue weighted by molar-refractivity contribution is 0.176. The number of rotatable bonds is 4. The molecule has 34 heavy (non-hydrogen) atoms. The third-order valence-corrected chi connectivity index (χ3v) is 5.77. The Kier molecular flexibility index (Phi) is 7.15. The summed E-state index contributed by atoms with van der Waals surface area (Å²) in [6.07, 6.45) is 10.3. The number of nitrogens with zero attached hydrogens (tertiary/aromatic N) is 5. The van der Waals surface area contributed by atoms with Crippen molar-refractivity contribution in [1.29, 1.82) is 0 Å². The van der Waals surface area contributed by atoms with Gasteiger partial charge in [0.1, 0.15) is 23.1 Å². The number of anilines is 2. The molecule has 0 radical (unpaired) electrons. The maximum Gasteiger partial charge on any atom is 0.166 e. The molecular weight excluding hydrogens is 428 g/mol. The normalized spacial score (nSPS) is 16.7. The highest BCUT2D eigenvalue weighted by molar-refractivity contribution is 6.05. The van der Waals surface area contributed by atoms with Gasteiger partial charge in [-0.3, -0.25) is 9.98 Å². The molecule has 1 aliphatic heterocycles. The Morgan fingerprint density at radius 2 is 2.15 bits per heavy atom. The molecule has 3 aromatic heterocycles. The lowest BCUT2D eigenvalue weighted by Crippen LogP contribution is -2.20. The molecule has 0 saturated carbocycles. The van der Waals surface area contributed by atoms with E-state index in [-0.39, 0.29) is 12.0 Å². The highest BCUT2D eigenvalue weighted by Crippen LogP contribution is 2.33. The quantitative estimate of drug-likeness (QED) is 0.433. The summed E-state index contributed by atoms with van der Waals surface area (Å²) >= 11 is 0. The first-order chi connectivity index (χ1) is 16.5. The van der Waals surface area contributed by atoms with Gasteiger partial charge in [0.15, 0.2) is 5.82 Å². The van der Waals surface area contributed by atoms with Crippen molar-refractivity contribution in [2.75, 3.05) is 19.0 Å². The molecule has 0 spiro atoms. The maximum atomic E-state index is 6.39. The largest absolute Gasteiger partial charge is 0.492 e. The van der Waals surface area contributed by atoms with Gasteiger partial charge in [0, 0.05) is 55.8 Å². The molecular formula is C26H30N6O2. The molecule has 1 N–H and O–H groups in total. The van der Waals surface area contributed by atoms with Gasteiger partial charge in [0.05, 0.1) is 29.5 Å². The van der Waals surface area contributed by atoms with Crippen LogP contribution >= 0.6 is 0 Å². The molecule has 4 bridgehead atoms. The molecule has 1 aliphatic rings. The number of aliphatic imine (C=N–C) groups is 1. The number of aryl methyl sites for hydroxylation is 1. The molecule has 0 amide bonds. The van der Waals surface area contributed by atoms with Crippen molar-refractivity contribution in [3.63, 3.8) is 0 Å². The molecule has 0 aliphatic carbocycles. The van der Waals surface area contributed by atoms with Crippen LogP contribution in [0.5, 0.6) is 11.5 Å². The Labute approximate surface area is 200 Å². The smallest absolute Gasteiger partial charge is 0.166 e. The predicted molar refractivity (Wildman–Crippen MR) is 134 cm³/mol. The van der Waals surface area contributed by atoms with E-state index in [1.54, 1.807) is 31.7 Å². The lowest BCUT2D eigenvalue weighted by Gasteiger charge is -2.22. The number of pyridine rings is 2. The van der Waals surface area contributed by atoms with Crippen LogP contribution in [0.15, 0.2) is 54.6 Å². The summed E-state index contributed by atoms with van der Waals surface area (Å²) in [4.78, 5) is 22.7. The molecule has 4 heterocycles. The van der Waals surface area contributed by atoms with E-state index in [2.05, 4.69) is 45.7 Å². The average Bonchev–Trinajstić information content (AvgIpc) is 2.85. The van der Waals surface area contributed by atoms with Crippen LogP contribution in [0.2, 0.25) is 0 Å². The van der Waals surface area contributed by atoms with Gasteiger partial charge in [-0.1, -0.05) is 19.9 Å². The second kappa shape index (κ2) is 10.4. The van der Waals surface area contributed by atoms with E-state index in [1.807, 2.05) is 25.3 Å². The summed E-state index contributed by atoms with van der Waals surface area (Å²) < 4.78 is 12.6. The second-order valence-corrected chi connectivity index (χ2v) is 8.18. The van der Waals surface area contributed by atoms with Gasteiger partial charge < -0.3 is 14.8 Å². The number of aromatic nitrogens is 4. The first-order valence-electron chi connectivity index (χ1n) is 11.5. The van der Waals surface area contributed by atoms with Gasteiger partial charge in [-0.25, -0.2) is 15.0 Å². The van der Waals surface area contributed by atoms with Crippen LogP contribution in [0.25, 0.3) is 11.4 Å². The van der Waals surface area contributed by atoms with Crippen LogP contribution in [0.4, 0.5) is 11.6 Å². The molecule has 176 valence electrons. The van der Waals surface area contributed by atoms with Crippen LogP contribution in [0.1, 0.15) is 38.3 Å². The second-order valence-electron chi connectivity index (χ2n) is 8.18. The fourth-order valence-electron chi connectivity index (χ4n) is 3.84. The Bertz CT molecular complexity index is 1210. The van der Waals surface area contributed by atoms with Gasteiger partial charge in [0.2, 0.25) is 0 Å². The minimum absolute atomic E-state index is 0.0548. The summed E-state index contributed by atoms with van der Waals surface area (Å²) in [6, 6.07) is 3.68. The summed E-state index contributed by atoms with van der Waals surface area (Å²) in [5.74, 6) is 3.28. The summed E-state index contributed by atoms with van der Waals surface area (Å²) in [6.45, 7) is 10.6. The van der Waals surface area contributed by atoms with Crippen molar-refractivity contribution in [2.24, 2.45) is 10.9 Å². The van der Waals surface area contributed by atoms with Crippen LogP contribution in [-0.4, -0.2) is 45.4 Å². The Balaban J connectivity index is 1.80. The van der Waals surface area contributed by atoms with Crippen molar-refractivity contribution in [2.45, 2.75) is 39.7 Å². The summed E-state index contributed by atoms with van der Waals surface area (Å²) in [5, 5.41) is 3.28. The van der Waals surface area contributed by atoms with Crippen molar-refractivity contribution in [1.82, 2.24) is 19.9 Å². The monoisotopic (exact) mass is 458 g/mol. The van der Waals surface area contributed by atoms with Crippen LogP contribution in [-0.2, 0) is 6.42 Å². The number of fused-ring (bicyclic) bond motifs is 6. The SMILES string of the molecule is C=C[C@H](C)/C(=N\C)c1cnc2cc1O[C@@H](C)CCOc1c(CC)cncc1-c1nccc(n1)N2. The lowest BCUT2D eigenvalue weighted by atomic mass is 9.98. The van der Waals surface area contributed by atoms with Crippen LogP contribution in [0.3, 0.4) is 0 Å². The topological polar surface area (TPSA) is 94.4 Å². The molecule has 3 aromatic rings. The van der Waals surface area contributed by atoms with Crippen LogP contribution in [0, 0.1) is 5.92 Å². The van der Waals surface area contributed by atoms with E-state index in [9.17, 15) is 0 Å². The standard InChI is InChI=1S/C26H30N6O2/c1-6-16(3)24(27-5)19-15-30-23-12-21(19)34-17(4)9-11-33-25-18(7-2)13-28-14-20(25)26-29-10-8-22(31-23)32-26/h6,8,10,12-17H,1,7,9,11H2,2-5H3,(H,29,30,31,32)/b27-24+/t16-,17-/m0/s1. The summed E-state index contributed by atoms with van der Waals surface area (Å²) in [7, 11) is 1.77. The maximum absolute atomic E-state index is 6.39. The van der Waals surface area contributed by atoms with Gasteiger partial charge in [-0.2, -0.15) is 0 Å². The zero-order chi connectivity index (χ0) is 24.1. The molecule has 0 unspecified atom stereocenters. The van der Waals surface area contributed by atoms with Gasteiger partial charge in [0.25, 0.3) is 0 Å². The Hall–Kier alpha value is -3.81.